The van der Waals surface area contributed by atoms with Gasteiger partial charge in [-0.15, -0.1) is 6.58 Å². The topological polar surface area (TPSA) is 74.6 Å². The Labute approximate surface area is 118 Å². The van der Waals surface area contributed by atoms with E-state index in [0.29, 0.717) is 6.42 Å². The smallest absolute Gasteiger partial charge is 0.206 e. The van der Waals surface area contributed by atoms with Crippen LogP contribution >= 0.6 is 0 Å². The monoisotopic (exact) mass is 292 g/mol. The molecular weight excluding hydrogens is 276 g/mol. The van der Waals surface area contributed by atoms with Crippen molar-refractivity contribution in [3.63, 3.8) is 0 Å². The van der Waals surface area contributed by atoms with Crippen molar-refractivity contribution in [2.75, 3.05) is 0 Å². The molecule has 0 spiro atoms. The fraction of sp³-hybridized carbons (Fsp3) is 0.200. The summed E-state index contributed by atoms with van der Waals surface area (Å²) in [4.78, 5) is 0.261. The SMILES string of the molecule is C=CC[C@]1(O)C=CC(S(=O)(=O)c2ccc(O)cc2)=CC1. The molecule has 1 aromatic carbocycles. The molecule has 0 radical (unpaired) electrons. The zero-order valence-electron chi connectivity index (χ0n) is 10.9. The average Bonchev–Trinajstić information content (AvgIpc) is 2.39. The predicted octanol–water partition coefficient (Wildman–Crippen LogP) is 2.32. The maximum atomic E-state index is 12.4. The maximum Gasteiger partial charge on any atom is 0.206 e. The molecule has 0 unspecified atom stereocenters. The second-order valence-corrected chi connectivity index (χ2v) is 6.69. The lowest BCUT2D eigenvalue weighted by molar-refractivity contribution is 0.0963. The zero-order chi connectivity index (χ0) is 14.8. The summed E-state index contributed by atoms with van der Waals surface area (Å²) in [5, 5.41) is 19.3. The fourth-order valence-electron chi connectivity index (χ4n) is 2.01. The van der Waals surface area contributed by atoms with Crippen LogP contribution in [0.5, 0.6) is 5.75 Å². The van der Waals surface area contributed by atoms with Crippen LogP contribution in [0.1, 0.15) is 12.8 Å². The van der Waals surface area contributed by atoms with Crippen molar-refractivity contribution >= 4 is 9.84 Å². The molecule has 1 aliphatic rings. The molecule has 0 saturated carbocycles. The van der Waals surface area contributed by atoms with Gasteiger partial charge in [-0.2, -0.15) is 0 Å². The van der Waals surface area contributed by atoms with E-state index in [1.54, 1.807) is 6.08 Å². The van der Waals surface area contributed by atoms with Gasteiger partial charge in [-0.3, -0.25) is 0 Å². The van der Waals surface area contributed by atoms with Crippen LogP contribution in [0, 0.1) is 0 Å². The van der Waals surface area contributed by atoms with Gasteiger partial charge in [0.05, 0.1) is 15.4 Å². The molecule has 2 N–H and O–H groups in total. The Bertz CT molecular complexity index is 668. The summed E-state index contributed by atoms with van der Waals surface area (Å²) in [5.74, 6) is 0.0115. The number of allylic oxidation sites excluding steroid dienone is 1. The molecule has 1 aliphatic carbocycles. The first kappa shape index (κ1) is 14.6. The summed E-state index contributed by atoms with van der Waals surface area (Å²) in [6, 6.07) is 5.36. The third-order valence-electron chi connectivity index (χ3n) is 3.17. The van der Waals surface area contributed by atoms with Gasteiger partial charge in [-0.25, -0.2) is 8.42 Å². The predicted molar refractivity (Wildman–Crippen MR) is 76.9 cm³/mol. The van der Waals surface area contributed by atoms with Crippen LogP contribution in [0.2, 0.25) is 0 Å². The second-order valence-electron chi connectivity index (χ2n) is 4.74. The number of phenols is 1. The third kappa shape index (κ3) is 2.84. The molecule has 0 fully saturated rings. The number of aliphatic hydroxyl groups is 1. The molecule has 0 bridgehead atoms. The summed E-state index contributed by atoms with van der Waals surface area (Å²) in [7, 11) is -3.62. The summed E-state index contributed by atoms with van der Waals surface area (Å²) in [6.45, 7) is 3.57. The highest BCUT2D eigenvalue weighted by Crippen LogP contribution is 2.30. The van der Waals surface area contributed by atoms with E-state index in [2.05, 4.69) is 6.58 Å². The largest absolute Gasteiger partial charge is 0.508 e. The maximum absolute atomic E-state index is 12.4. The molecule has 2 rings (SSSR count). The van der Waals surface area contributed by atoms with Crippen molar-refractivity contribution in [1.82, 2.24) is 0 Å². The lowest BCUT2D eigenvalue weighted by Crippen LogP contribution is -2.26. The van der Waals surface area contributed by atoms with E-state index in [-0.39, 0.29) is 22.0 Å². The quantitative estimate of drug-likeness (QED) is 0.835. The summed E-state index contributed by atoms with van der Waals surface area (Å²) < 4.78 is 24.7. The van der Waals surface area contributed by atoms with Gasteiger partial charge >= 0.3 is 0 Å². The second kappa shape index (κ2) is 5.26. The van der Waals surface area contributed by atoms with Gasteiger partial charge in [0.1, 0.15) is 5.75 Å². The summed E-state index contributed by atoms with van der Waals surface area (Å²) >= 11 is 0. The van der Waals surface area contributed by atoms with Crippen molar-refractivity contribution in [3.8, 4) is 5.75 Å². The van der Waals surface area contributed by atoms with Crippen molar-refractivity contribution in [3.05, 3.63) is 60.1 Å². The minimum atomic E-state index is -3.62. The number of phenolic OH excluding ortho intramolecular Hbond substituents is 1. The van der Waals surface area contributed by atoms with E-state index in [1.165, 1.54) is 42.5 Å². The van der Waals surface area contributed by atoms with Crippen molar-refractivity contribution in [1.29, 1.82) is 0 Å². The molecule has 0 heterocycles. The van der Waals surface area contributed by atoms with Crippen LogP contribution in [0.25, 0.3) is 0 Å². The Morgan fingerprint density at radius 3 is 2.45 bits per heavy atom. The van der Waals surface area contributed by atoms with Gasteiger partial charge in [-0.05, 0) is 43.2 Å². The first-order valence-corrected chi connectivity index (χ1v) is 7.62. The minimum Gasteiger partial charge on any atom is -0.508 e. The Kier molecular flexibility index (Phi) is 3.83. The van der Waals surface area contributed by atoms with Crippen LogP contribution in [0.15, 0.2) is 64.9 Å². The van der Waals surface area contributed by atoms with E-state index in [4.69, 9.17) is 0 Å². The van der Waals surface area contributed by atoms with Crippen LogP contribution in [0.3, 0.4) is 0 Å². The van der Waals surface area contributed by atoms with Crippen molar-refractivity contribution < 1.29 is 18.6 Å². The standard InChI is InChI=1S/C15H16O4S/c1-2-9-15(17)10-7-14(8-11-15)20(18,19)13-5-3-12(16)4-6-13/h2-8,10,16-17H,1,9,11H2/t15-/m0/s1. The number of benzene rings is 1. The third-order valence-corrected chi connectivity index (χ3v) is 4.99. The first-order chi connectivity index (χ1) is 9.37. The van der Waals surface area contributed by atoms with E-state index in [0.717, 1.165) is 0 Å². The van der Waals surface area contributed by atoms with E-state index >= 15 is 0 Å². The highest BCUT2D eigenvalue weighted by atomic mass is 32.2. The molecule has 0 saturated heterocycles. The van der Waals surface area contributed by atoms with E-state index in [9.17, 15) is 18.6 Å². The minimum absolute atomic E-state index is 0.0115. The van der Waals surface area contributed by atoms with Gasteiger partial charge < -0.3 is 10.2 Å². The number of aromatic hydroxyl groups is 1. The average molecular weight is 292 g/mol. The van der Waals surface area contributed by atoms with Gasteiger partial charge in [-0.1, -0.05) is 18.2 Å². The molecular formula is C15H16O4S. The summed E-state index contributed by atoms with van der Waals surface area (Å²) in [5.41, 5.74) is -1.06. The van der Waals surface area contributed by atoms with Crippen molar-refractivity contribution in [2.24, 2.45) is 0 Å². The highest BCUT2D eigenvalue weighted by Gasteiger charge is 2.28. The summed E-state index contributed by atoms with van der Waals surface area (Å²) in [6.07, 6.45) is 6.59. The Hall–Kier alpha value is -1.85. The van der Waals surface area contributed by atoms with Crippen LogP contribution in [0.4, 0.5) is 0 Å². The van der Waals surface area contributed by atoms with Crippen LogP contribution in [-0.4, -0.2) is 24.2 Å². The molecule has 5 heteroatoms. The molecule has 0 aliphatic heterocycles. The van der Waals surface area contributed by atoms with E-state index in [1.807, 2.05) is 0 Å². The van der Waals surface area contributed by atoms with Crippen LogP contribution in [-0.2, 0) is 9.84 Å². The lowest BCUT2D eigenvalue weighted by atomic mass is 9.92. The van der Waals surface area contributed by atoms with Gasteiger partial charge in [0.25, 0.3) is 0 Å². The van der Waals surface area contributed by atoms with E-state index < -0.39 is 15.4 Å². The van der Waals surface area contributed by atoms with Gasteiger partial charge in [0.15, 0.2) is 0 Å². The Balaban J connectivity index is 2.29. The molecule has 1 aromatic rings. The number of sulfone groups is 1. The molecule has 1 atom stereocenters. The molecule has 0 aromatic heterocycles. The Morgan fingerprint density at radius 2 is 1.95 bits per heavy atom. The lowest BCUT2D eigenvalue weighted by Gasteiger charge is -2.25. The number of hydrogen-bond acceptors (Lipinski definition) is 4. The highest BCUT2D eigenvalue weighted by molar-refractivity contribution is 7.95. The zero-order valence-corrected chi connectivity index (χ0v) is 11.7. The van der Waals surface area contributed by atoms with Crippen molar-refractivity contribution in [2.45, 2.75) is 23.3 Å². The normalized spacial score (nSPS) is 22.4. The molecule has 0 amide bonds. The molecule has 106 valence electrons. The number of hydrogen-bond donors (Lipinski definition) is 2. The molecule has 4 nitrogen and oxygen atoms in total. The molecule has 20 heavy (non-hydrogen) atoms. The first-order valence-electron chi connectivity index (χ1n) is 6.14. The fourth-order valence-corrected chi connectivity index (χ4v) is 3.33. The van der Waals surface area contributed by atoms with Gasteiger partial charge in [0, 0.05) is 0 Å². The van der Waals surface area contributed by atoms with Gasteiger partial charge in [0.2, 0.25) is 9.84 Å². The Morgan fingerprint density at radius 1 is 1.30 bits per heavy atom. The van der Waals surface area contributed by atoms with Crippen LogP contribution < -0.4 is 0 Å². The number of rotatable bonds is 4.